The summed E-state index contributed by atoms with van der Waals surface area (Å²) >= 11 is 1.88. The van der Waals surface area contributed by atoms with Crippen LogP contribution in [-0.2, 0) is 6.54 Å². The zero-order valence-electron chi connectivity index (χ0n) is 17.4. The van der Waals surface area contributed by atoms with Crippen molar-refractivity contribution in [3.05, 3.63) is 35.9 Å². The van der Waals surface area contributed by atoms with E-state index in [0.29, 0.717) is 18.1 Å². The molecule has 0 saturated carbocycles. The average Bonchev–Trinajstić information content (AvgIpc) is 2.89. The van der Waals surface area contributed by atoms with Crippen molar-refractivity contribution < 1.29 is 0 Å². The first-order chi connectivity index (χ1) is 13.0. The highest BCUT2D eigenvalue weighted by atomic mass is 32.2. The minimum atomic E-state index is 0.181. The fraction of sp³-hybridized carbons (Fsp3) is 0.682. The lowest BCUT2D eigenvalue weighted by molar-refractivity contribution is 0.114. The van der Waals surface area contributed by atoms with Gasteiger partial charge < -0.3 is 10.6 Å². The van der Waals surface area contributed by atoms with E-state index < -0.39 is 0 Å². The molecule has 5 heteroatoms. The van der Waals surface area contributed by atoms with Crippen molar-refractivity contribution >= 4 is 17.7 Å². The van der Waals surface area contributed by atoms with E-state index in [2.05, 4.69) is 72.9 Å². The second-order valence-electron chi connectivity index (χ2n) is 8.51. The molecule has 27 heavy (non-hydrogen) atoms. The number of nitrogens with zero attached hydrogens (tertiary/aromatic N) is 2. The molecule has 2 saturated heterocycles. The third-order valence-corrected chi connectivity index (χ3v) is 7.18. The summed E-state index contributed by atoms with van der Waals surface area (Å²) in [5.74, 6) is 0.987. The topological polar surface area (TPSA) is 39.7 Å². The van der Waals surface area contributed by atoms with Crippen molar-refractivity contribution in [2.75, 3.05) is 19.3 Å². The monoisotopic (exact) mass is 388 g/mol. The average molecular weight is 389 g/mol. The van der Waals surface area contributed by atoms with Crippen molar-refractivity contribution in [1.29, 1.82) is 0 Å². The smallest absolute Gasteiger partial charge is 0.191 e. The van der Waals surface area contributed by atoms with Crippen molar-refractivity contribution in [3.8, 4) is 0 Å². The van der Waals surface area contributed by atoms with E-state index in [1.54, 1.807) is 0 Å². The molecule has 0 aliphatic carbocycles. The molecular formula is C22H36N4S. The predicted octanol–water partition coefficient (Wildman–Crippen LogP) is 3.88. The summed E-state index contributed by atoms with van der Waals surface area (Å²) < 4.78 is 0.181. The van der Waals surface area contributed by atoms with E-state index in [9.17, 15) is 0 Å². The SMILES string of the molecule is CCNC(=NCC(C)(C)SC)NC1CC2CCC(C1)N2Cc1ccccc1. The molecule has 150 valence electrons. The predicted molar refractivity (Wildman–Crippen MR) is 119 cm³/mol. The van der Waals surface area contributed by atoms with Gasteiger partial charge >= 0.3 is 0 Å². The Bertz CT molecular complexity index is 602. The molecule has 2 bridgehead atoms. The van der Waals surface area contributed by atoms with Crippen molar-refractivity contribution in [2.45, 2.75) is 75.9 Å². The van der Waals surface area contributed by atoms with E-state index in [-0.39, 0.29) is 4.75 Å². The van der Waals surface area contributed by atoms with Gasteiger partial charge in [0.2, 0.25) is 0 Å². The van der Waals surface area contributed by atoms with Crippen LogP contribution in [0.25, 0.3) is 0 Å². The van der Waals surface area contributed by atoms with E-state index in [4.69, 9.17) is 4.99 Å². The first kappa shape index (κ1) is 20.5. The molecule has 1 aromatic rings. The molecule has 0 radical (unpaired) electrons. The van der Waals surface area contributed by atoms with Crippen LogP contribution in [0.5, 0.6) is 0 Å². The molecule has 0 amide bonds. The molecule has 1 aromatic carbocycles. The fourth-order valence-corrected chi connectivity index (χ4v) is 4.49. The molecule has 2 fully saturated rings. The quantitative estimate of drug-likeness (QED) is 0.549. The Balaban J connectivity index is 1.59. The summed E-state index contributed by atoms with van der Waals surface area (Å²) in [7, 11) is 0. The normalized spacial score (nSPS) is 26.2. The molecule has 2 N–H and O–H groups in total. The maximum absolute atomic E-state index is 4.87. The van der Waals surface area contributed by atoms with Gasteiger partial charge in [-0.25, -0.2) is 0 Å². The van der Waals surface area contributed by atoms with Crippen LogP contribution in [0.1, 0.15) is 52.0 Å². The summed E-state index contributed by atoms with van der Waals surface area (Å²) in [6.07, 6.45) is 7.28. The number of guanidine groups is 1. The van der Waals surface area contributed by atoms with Crippen LogP contribution in [0, 0.1) is 0 Å². The second kappa shape index (κ2) is 9.33. The molecule has 2 unspecified atom stereocenters. The van der Waals surface area contributed by atoms with Crippen LogP contribution in [0.4, 0.5) is 0 Å². The summed E-state index contributed by atoms with van der Waals surface area (Å²) in [6, 6.07) is 12.9. The Morgan fingerprint density at radius 3 is 2.44 bits per heavy atom. The largest absolute Gasteiger partial charge is 0.357 e. The lowest BCUT2D eigenvalue weighted by Crippen LogP contribution is -2.52. The minimum Gasteiger partial charge on any atom is -0.357 e. The Hall–Kier alpha value is -1.20. The number of fused-ring (bicyclic) bond motifs is 2. The number of piperidine rings is 1. The molecule has 2 atom stereocenters. The summed E-state index contributed by atoms with van der Waals surface area (Å²) in [4.78, 5) is 7.61. The lowest BCUT2D eigenvalue weighted by atomic mass is 9.96. The Kier molecular flexibility index (Phi) is 7.10. The molecule has 4 nitrogen and oxygen atoms in total. The maximum atomic E-state index is 4.87. The summed E-state index contributed by atoms with van der Waals surface area (Å²) in [6.45, 7) is 9.50. The number of rotatable bonds is 7. The number of benzene rings is 1. The molecule has 2 aliphatic heterocycles. The highest BCUT2D eigenvalue weighted by Gasteiger charge is 2.40. The number of hydrogen-bond acceptors (Lipinski definition) is 3. The first-order valence-electron chi connectivity index (χ1n) is 10.4. The zero-order chi connectivity index (χ0) is 19.3. The standard InChI is InChI=1S/C22H36N4S/c1-5-23-21(24-16-22(2,3)27-4)25-18-13-19-11-12-20(14-18)26(19)15-17-9-7-6-8-10-17/h6-10,18-20H,5,11-16H2,1-4H3,(H2,23,24,25). The lowest BCUT2D eigenvalue weighted by Gasteiger charge is -2.39. The third kappa shape index (κ3) is 5.64. The maximum Gasteiger partial charge on any atom is 0.191 e. The van der Waals surface area contributed by atoms with Gasteiger partial charge in [-0.1, -0.05) is 30.3 Å². The first-order valence-corrected chi connectivity index (χ1v) is 11.6. The van der Waals surface area contributed by atoms with Gasteiger partial charge in [0.1, 0.15) is 0 Å². The highest BCUT2D eigenvalue weighted by Crippen LogP contribution is 2.36. The van der Waals surface area contributed by atoms with Crippen molar-refractivity contribution in [3.63, 3.8) is 0 Å². The van der Waals surface area contributed by atoms with E-state index >= 15 is 0 Å². The van der Waals surface area contributed by atoms with Gasteiger partial charge in [-0.2, -0.15) is 11.8 Å². The van der Waals surface area contributed by atoms with Crippen LogP contribution in [0.2, 0.25) is 0 Å². The molecular weight excluding hydrogens is 352 g/mol. The van der Waals surface area contributed by atoms with Gasteiger partial charge in [-0.05, 0) is 58.3 Å². The Morgan fingerprint density at radius 1 is 1.19 bits per heavy atom. The summed E-state index contributed by atoms with van der Waals surface area (Å²) in [5.41, 5.74) is 1.44. The molecule has 0 spiro atoms. The molecule has 0 aromatic heterocycles. The molecule has 2 aliphatic rings. The van der Waals surface area contributed by atoms with Crippen LogP contribution in [0.15, 0.2) is 35.3 Å². The van der Waals surface area contributed by atoms with Gasteiger partial charge in [-0.15, -0.1) is 0 Å². The van der Waals surface area contributed by atoms with Gasteiger partial charge in [0.15, 0.2) is 5.96 Å². The third-order valence-electron chi connectivity index (χ3n) is 5.95. The Labute approximate surface area is 169 Å². The number of hydrogen-bond donors (Lipinski definition) is 2. The van der Waals surface area contributed by atoms with Gasteiger partial charge in [0, 0.05) is 36.0 Å². The number of aliphatic imine (C=N–C) groups is 1. The van der Waals surface area contributed by atoms with Crippen LogP contribution in [0.3, 0.4) is 0 Å². The summed E-state index contributed by atoms with van der Waals surface area (Å²) in [5, 5.41) is 7.19. The Morgan fingerprint density at radius 2 is 1.85 bits per heavy atom. The highest BCUT2D eigenvalue weighted by molar-refractivity contribution is 7.99. The zero-order valence-corrected chi connectivity index (χ0v) is 18.2. The van der Waals surface area contributed by atoms with Crippen molar-refractivity contribution in [1.82, 2.24) is 15.5 Å². The van der Waals surface area contributed by atoms with Crippen LogP contribution >= 0.6 is 11.8 Å². The van der Waals surface area contributed by atoms with Crippen LogP contribution in [-0.4, -0.2) is 53.1 Å². The van der Waals surface area contributed by atoms with Crippen LogP contribution < -0.4 is 10.6 Å². The van der Waals surface area contributed by atoms with E-state index in [1.807, 2.05) is 11.8 Å². The van der Waals surface area contributed by atoms with E-state index in [0.717, 1.165) is 25.6 Å². The van der Waals surface area contributed by atoms with Crippen molar-refractivity contribution in [2.24, 2.45) is 4.99 Å². The van der Waals surface area contributed by atoms with Gasteiger partial charge in [-0.3, -0.25) is 9.89 Å². The minimum absolute atomic E-state index is 0.181. The number of thioether (sulfide) groups is 1. The van der Waals surface area contributed by atoms with Gasteiger partial charge in [0.05, 0.1) is 6.54 Å². The van der Waals surface area contributed by atoms with E-state index in [1.165, 1.54) is 31.2 Å². The fourth-order valence-electron chi connectivity index (χ4n) is 4.29. The van der Waals surface area contributed by atoms with Gasteiger partial charge in [0.25, 0.3) is 0 Å². The molecule has 3 rings (SSSR count). The molecule has 2 heterocycles. The second-order valence-corrected chi connectivity index (χ2v) is 10.0. The number of nitrogens with one attached hydrogen (secondary N) is 2.